The normalized spacial score (nSPS) is 10.6. The van der Waals surface area contributed by atoms with Gasteiger partial charge in [-0.3, -0.25) is 0 Å². The maximum atomic E-state index is 13.2. The lowest BCUT2D eigenvalue weighted by molar-refractivity contribution is 0.0554. The van der Waals surface area contributed by atoms with E-state index in [0.29, 0.717) is 17.5 Å². The molecule has 4 nitrogen and oxygen atoms in total. The molecule has 0 saturated carbocycles. The average Bonchev–Trinajstić information content (AvgIpc) is 2.84. The van der Waals surface area contributed by atoms with Crippen LogP contribution < -0.4 is 0 Å². The Balaban J connectivity index is 2.63. The van der Waals surface area contributed by atoms with E-state index in [1.54, 1.807) is 0 Å². The molecule has 0 spiro atoms. The molecular weight excluding hydrogens is 400 g/mol. The zero-order valence-corrected chi connectivity index (χ0v) is 19.2. The van der Waals surface area contributed by atoms with Gasteiger partial charge in [0.15, 0.2) is 0 Å². The molecule has 0 aliphatic rings. The Hall–Kier alpha value is -3.40. The minimum Gasteiger partial charge on any atom is -0.465 e. The molecule has 0 radical (unpaired) electrons. The first-order valence-electron chi connectivity index (χ1n) is 11.1. The zero-order chi connectivity index (χ0) is 23.1. The van der Waals surface area contributed by atoms with Gasteiger partial charge >= 0.3 is 11.9 Å². The van der Waals surface area contributed by atoms with Crippen LogP contribution in [-0.2, 0) is 22.3 Å². The van der Waals surface area contributed by atoms with Gasteiger partial charge in [-0.2, -0.15) is 0 Å². The lowest BCUT2D eigenvalue weighted by Crippen LogP contribution is -2.19. The smallest absolute Gasteiger partial charge is 0.339 e. The molecule has 0 atom stereocenters. The van der Waals surface area contributed by atoms with Crippen LogP contribution in [0.4, 0.5) is 0 Å². The lowest BCUT2D eigenvalue weighted by Gasteiger charge is -2.25. The number of esters is 2. The van der Waals surface area contributed by atoms with Gasteiger partial charge in [-0.25, -0.2) is 9.59 Å². The van der Waals surface area contributed by atoms with E-state index < -0.39 is 11.9 Å². The topological polar surface area (TPSA) is 52.6 Å². The van der Waals surface area contributed by atoms with Crippen molar-refractivity contribution in [3.05, 3.63) is 82.9 Å². The SMILES string of the molecule is CCCc1c(CCC)c(-c2ccccc2)c(-c2ccccc2)c(C(=O)OC)c1C(=O)OC. The Bertz CT molecular complexity index is 1090. The molecule has 0 aliphatic heterocycles. The van der Waals surface area contributed by atoms with Crippen molar-refractivity contribution in [1.82, 2.24) is 0 Å². The minimum atomic E-state index is -0.540. The van der Waals surface area contributed by atoms with Gasteiger partial charge in [-0.1, -0.05) is 87.4 Å². The second-order valence-electron chi connectivity index (χ2n) is 7.67. The molecule has 0 N–H and O–H groups in total. The first kappa shape index (κ1) is 23.3. The Morgan fingerprint density at radius 2 is 1.06 bits per heavy atom. The molecule has 0 amide bonds. The largest absolute Gasteiger partial charge is 0.465 e. The second-order valence-corrected chi connectivity index (χ2v) is 7.67. The number of hydrogen-bond acceptors (Lipinski definition) is 4. The summed E-state index contributed by atoms with van der Waals surface area (Å²) in [5.74, 6) is -1.05. The Morgan fingerprint density at radius 1 is 0.625 bits per heavy atom. The monoisotopic (exact) mass is 430 g/mol. The number of hydrogen-bond donors (Lipinski definition) is 0. The third-order valence-corrected chi connectivity index (χ3v) is 5.62. The Morgan fingerprint density at radius 3 is 1.53 bits per heavy atom. The summed E-state index contributed by atoms with van der Waals surface area (Å²) in [5.41, 5.74) is 6.12. The van der Waals surface area contributed by atoms with Crippen molar-refractivity contribution in [1.29, 1.82) is 0 Å². The van der Waals surface area contributed by atoms with Gasteiger partial charge in [-0.05, 0) is 40.7 Å². The molecule has 0 fully saturated rings. The summed E-state index contributed by atoms with van der Waals surface area (Å²) in [5, 5.41) is 0. The molecule has 0 aliphatic carbocycles. The second kappa shape index (κ2) is 10.8. The van der Waals surface area contributed by atoms with Gasteiger partial charge in [0.1, 0.15) is 0 Å². The molecular formula is C28H30O4. The van der Waals surface area contributed by atoms with Crippen molar-refractivity contribution < 1.29 is 19.1 Å². The summed E-state index contributed by atoms with van der Waals surface area (Å²) < 4.78 is 10.4. The number of carbonyl (C=O) groups excluding carboxylic acids is 2. The summed E-state index contributed by atoms with van der Waals surface area (Å²) in [7, 11) is 2.70. The average molecular weight is 431 g/mol. The first-order valence-corrected chi connectivity index (χ1v) is 11.1. The number of rotatable bonds is 8. The number of benzene rings is 3. The van der Waals surface area contributed by atoms with Gasteiger partial charge < -0.3 is 9.47 Å². The highest BCUT2D eigenvalue weighted by molar-refractivity contribution is 6.12. The molecule has 166 valence electrons. The molecule has 0 heterocycles. The lowest BCUT2D eigenvalue weighted by atomic mass is 9.78. The first-order chi connectivity index (χ1) is 15.6. The zero-order valence-electron chi connectivity index (χ0n) is 19.2. The fourth-order valence-corrected chi connectivity index (χ4v) is 4.36. The van der Waals surface area contributed by atoms with Crippen molar-refractivity contribution in [2.24, 2.45) is 0 Å². The highest BCUT2D eigenvalue weighted by atomic mass is 16.5. The van der Waals surface area contributed by atoms with E-state index in [0.717, 1.165) is 47.1 Å². The van der Waals surface area contributed by atoms with Crippen LogP contribution in [0.5, 0.6) is 0 Å². The predicted molar refractivity (Wildman–Crippen MR) is 128 cm³/mol. The maximum absolute atomic E-state index is 13.2. The van der Waals surface area contributed by atoms with Gasteiger partial charge in [0.25, 0.3) is 0 Å². The predicted octanol–water partition coefficient (Wildman–Crippen LogP) is 6.50. The van der Waals surface area contributed by atoms with Crippen molar-refractivity contribution in [2.75, 3.05) is 14.2 Å². The van der Waals surface area contributed by atoms with Crippen molar-refractivity contribution in [3.63, 3.8) is 0 Å². The van der Waals surface area contributed by atoms with Crippen LogP contribution in [0.1, 0.15) is 58.5 Å². The van der Waals surface area contributed by atoms with Crippen LogP contribution in [0.15, 0.2) is 60.7 Å². The van der Waals surface area contributed by atoms with Crippen LogP contribution in [0, 0.1) is 0 Å². The van der Waals surface area contributed by atoms with Crippen LogP contribution >= 0.6 is 0 Å². The molecule has 0 bridgehead atoms. The molecule has 4 heteroatoms. The maximum Gasteiger partial charge on any atom is 0.339 e. The summed E-state index contributed by atoms with van der Waals surface area (Å²) in [6.07, 6.45) is 3.19. The summed E-state index contributed by atoms with van der Waals surface area (Å²) >= 11 is 0. The molecule has 0 saturated heterocycles. The van der Waals surface area contributed by atoms with E-state index in [-0.39, 0.29) is 5.56 Å². The van der Waals surface area contributed by atoms with Crippen LogP contribution in [0.2, 0.25) is 0 Å². The molecule has 0 aromatic heterocycles. The highest BCUT2D eigenvalue weighted by Gasteiger charge is 2.32. The number of ether oxygens (including phenoxy) is 2. The van der Waals surface area contributed by atoms with Crippen LogP contribution in [0.25, 0.3) is 22.3 Å². The molecule has 0 unspecified atom stereocenters. The Kier molecular flexibility index (Phi) is 7.82. The van der Waals surface area contributed by atoms with Crippen molar-refractivity contribution in [3.8, 4) is 22.3 Å². The highest BCUT2D eigenvalue weighted by Crippen LogP contribution is 2.43. The summed E-state index contributed by atoms with van der Waals surface area (Å²) in [6.45, 7) is 4.20. The summed E-state index contributed by atoms with van der Waals surface area (Å²) in [4.78, 5) is 26.3. The van der Waals surface area contributed by atoms with Crippen molar-refractivity contribution >= 4 is 11.9 Å². The fraction of sp³-hybridized carbons (Fsp3) is 0.286. The van der Waals surface area contributed by atoms with Crippen LogP contribution in [-0.4, -0.2) is 26.2 Å². The van der Waals surface area contributed by atoms with Gasteiger partial charge in [0.2, 0.25) is 0 Å². The summed E-state index contributed by atoms with van der Waals surface area (Å²) in [6, 6.07) is 19.8. The van der Waals surface area contributed by atoms with E-state index in [1.165, 1.54) is 14.2 Å². The van der Waals surface area contributed by atoms with Gasteiger partial charge in [0, 0.05) is 5.56 Å². The van der Waals surface area contributed by atoms with Gasteiger partial charge in [0.05, 0.1) is 25.3 Å². The van der Waals surface area contributed by atoms with E-state index in [1.807, 2.05) is 48.5 Å². The third-order valence-electron chi connectivity index (χ3n) is 5.62. The third kappa shape index (κ3) is 4.45. The van der Waals surface area contributed by atoms with E-state index in [2.05, 4.69) is 26.0 Å². The number of carbonyl (C=O) groups is 2. The van der Waals surface area contributed by atoms with E-state index in [9.17, 15) is 9.59 Å². The molecule has 3 aromatic carbocycles. The quantitative estimate of drug-likeness (QED) is 0.383. The Labute approximate surface area is 190 Å². The van der Waals surface area contributed by atoms with E-state index in [4.69, 9.17) is 9.47 Å². The van der Waals surface area contributed by atoms with Crippen molar-refractivity contribution in [2.45, 2.75) is 39.5 Å². The van der Waals surface area contributed by atoms with Crippen LogP contribution in [0.3, 0.4) is 0 Å². The molecule has 3 aromatic rings. The van der Waals surface area contributed by atoms with E-state index >= 15 is 0 Å². The standard InChI is InChI=1S/C28H30O4/c1-5-13-21-22(14-6-2)25(27(29)31-3)26(28(30)32-4)24(20-17-11-8-12-18-20)23(21)19-15-9-7-10-16-19/h7-12,15-18H,5-6,13-14H2,1-4H3. The number of methoxy groups -OCH3 is 2. The minimum absolute atomic E-state index is 0.271. The fourth-order valence-electron chi connectivity index (χ4n) is 4.36. The molecule has 3 rings (SSSR count). The molecule has 32 heavy (non-hydrogen) atoms. The van der Waals surface area contributed by atoms with Gasteiger partial charge in [-0.15, -0.1) is 0 Å².